The lowest BCUT2D eigenvalue weighted by Gasteiger charge is -2.07. The predicted octanol–water partition coefficient (Wildman–Crippen LogP) is 3.28. The summed E-state index contributed by atoms with van der Waals surface area (Å²) in [5.41, 5.74) is 5.99. The summed E-state index contributed by atoms with van der Waals surface area (Å²) in [6.07, 6.45) is 3.30. The highest BCUT2D eigenvalue weighted by molar-refractivity contribution is 7.13. The third-order valence-electron chi connectivity index (χ3n) is 3.77. The van der Waals surface area contributed by atoms with E-state index in [4.69, 9.17) is 0 Å². The van der Waals surface area contributed by atoms with Crippen LogP contribution >= 0.6 is 11.3 Å². The van der Waals surface area contributed by atoms with E-state index in [0.717, 1.165) is 31.9 Å². The second-order valence-corrected chi connectivity index (χ2v) is 6.90. The summed E-state index contributed by atoms with van der Waals surface area (Å²) in [6, 6.07) is 9.66. The number of anilines is 1. The molecule has 0 saturated carbocycles. The summed E-state index contributed by atoms with van der Waals surface area (Å²) < 4.78 is 0.741. The number of thiazole rings is 1. The largest absolute Gasteiger partial charge is 0.619 e. The van der Waals surface area contributed by atoms with Crippen LogP contribution in [0, 0.1) is 19.1 Å². The standard InChI is InChI=1S/C19H19N3O2S/c1-13-7-14(2)9-15(8-13)10-17(23)11-20-19-18(25-12-21-19)16-3-5-22(24)6-4-16/h3-9,12,20H,10-11H2,1-2H3. The molecule has 0 fully saturated rings. The first-order chi connectivity index (χ1) is 12.0. The highest BCUT2D eigenvalue weighted by Gasteiger charge is 2.11. The van der Waals surface area contributed by atoms with Gasteiger partial charge in [-0.2, -0.15) is 4.73 Å². The molecule has 0 unspecified atom stereocenters. The van der Waals surface area contributed by atoms with Gasteiger partial charge in [-0.05, 0) is 19.4 Å². The number of hydrogen-bond acceptors (Lipinski definition) is 5. The molecule has 1 N–H and O–H groups in total. The van der Waals surface area contributed by atoms with E-state index < -0.39 is 0 Å². The summed E-state index contributed by atoms with van der Waals surface area (Å²) in [6.45, 7) is 4.29. The molecule has 0 aliphatic heterocycles. The summed E-state index contributed by atoms with van der Waals surface area (Å²) in [7, 11) is 0. The van der Waals surface area contributed by atoms with Crippen molar-refractivity contribution in [2.45, 2.75) is 20.3 Å². The summed E-state index contributed by atoms with van der Waals surface area (Å²) >= 11 is 1.47. The normalized spacial score (nSPS) is 10.6. The fraction of sp³-hybridized carbons (Fsp3) is 0.211. The Hall–Kier alpha value is -2.73. The van der Waals surface area contributed by atoms with Crippen molar-refractivity contribution in [3.8, 4) is 10.4 Å². The number of hydrogen-bond donors (Lipinski definition) is 1. The minimum atomic E-state index is 0.106. The lowest BCUT2D eigenvalue weighted by molar-refractivity contribution is -0.605. The second kappa shape index (κ2) is 7.44. The number of carbonyl (C=O) groups is 1. The topological polar surface area (TPSA) is 68.9 Å². The van der Waals surface area contributed by atoms with E-state index in [-0.39, 0.29) is 12.3 Å². The van der Waals surface area contributed by atoms with Crippen molar-refractivity contribution in [1.82, 2.24) is 4.98 Å². The van der Waals surface area contributed by atoms with E-state index in [9.17, 15) is 10.0 Å². The van der Waals surface area contributed by atoms with Crippen LogP contribution in [0.1, 0.15) is 16.7 Å². The van der Waals surface area contributed by atoms with Crippen LogP contribution in [0.5, 0.6) is 0 Å². The van der Waals surface area contributed by atoms with Crippen molar-refractivity contribution in [3.05, 3.63) is 70.1 Å². The Morgan fingerprint density at radius 3 is 2.56 bits per heavy atom. The highest BCUT2D eigenvalue weighted by Crippen LogP contribution is 2.30. The molecule has 0 aliphatic carbocycles. The molecule has 3 rings (SSSR count). The smallest absolute Gasteiger partial charge is 0.180 e. The number of pyridine rings is 1. The van der Waals surface area contributed by atoms with Gasteiger partial charge in [-0.1, -0.05) is 29.3 Å². The SMILES string of the molecule is Cc1cc(C)cc(CC(=O)CNc2ncsc2-c2cc[n+]([O-])cc2)c1. The van der Waals surface area contributed by atoms with Crippen molar-refractivity contribution in [2.75, 3.05) is 11.9 Å². The molecule has 0 radical (unpaired) electrons. The highest BCUT2D eigenvalue weighted by atomic mass is 32.1. The lowest BCUT2D eigenvalue weighted by atomic mass is 10.0. The lowest BCUT2D eigenvalue weighted by Crippen LogP contribution is -2.23. The van der Waals surface area contributed by atoms with Gasteiger partial charge in [0.25, 0.3) is 0 Å². The van der Waals surface area contributed by atoms with Crippen LogP contribution in [0.2, 0.25) is 0 Å². The van der Waals surface area contributed by atoms with Gasteiger partial charge in [0.1, 0.15) is 5.82 Å². The van der Waals surface area contributed by atoms with Crippen molar-refractivity contribution in [2.24, 2.45) is 0 Å². The average molecular weight is 353 g/mol. The van der Waals surface area contributed by atoms with Gasteiger partial charge >= 0.3 is 0 Å². The van der Waals surface area contributed by atoms with Gasteiger partial charge in [0.15, 0.2) is 18.2 Å². The Balaban J connectivity index is 1.65. The molecule has 0 aliphatic rings. The number of aromatic nitrogens is 2. The molecular formula is C19H19N3O2S. The average Bonchev–Trinajstić information content (AvgIpc) is 3.01. The van der Waals surface area contributed by atoms with E-state index in [1.807, 2.05) is 26.0 Å². The number of Topliss-reactive ketones (excluding diaryl/α,β-unsaturated/α-hetero) is 1. The number of ketones is 1. The molecule has 2 aromatic heterocycles. The van der Waals surface area contributed by atoms with Gasteiger partial charge < -0.3 is 10.5 Å². The fourth-order valence-electron chi connectivity index (χ4n) is 2.78. The Morgan fingerprint density at radius 2 is 1.88 bits per heavy atom. The molecule has 0 saturated heterocycles. The van der Waals surface area contributed by atoms with E-state index in [0.29, 0.717) is 12.2 Å². The van der Waals surface area contributed by atoms with E-state index in [2.05, 4.69) is 16.4 Å². The van der Waals surface area contributed by atoms with E-state index >= 15 is 0 Å². The van der Waals surface area contributed by atoms with Gasteiger partial charge in [-0.15, -0.1) is 11.3 Å². The Morgan fingerprint density at radius 1 is 1.20 bits per heavy atom. The maximum absolute atomic E-state index is 12.3. The molecule has 0 atom stereocenters. The fourth-order valence-corrected chi connectivity index (χ4v) is 3.56. The summed E-state index contributed by atoms with van der Waals surface area (Å²) in [5.74, 6) is 0.775. The molecule has 2 heterocycles. The molecule has 25 heavy (non-hydrogen) atoms. The van der Waals surface area contributed by atoms with Crippen LogP contribution in [-0.4, -0.2) is 17.3 Å². The predicted molar refractivity (Wildman–Crippen MR) is 99.6 cm³/mol. The van der Waals surface area contributed by atoms with E-state index in [1.54, 1.807) is 17.6 Å². The van der Waals surface area contributed by atoms with Gasteiger partial charge in [-0.3, -0.25) is 4.79 Å². The first-order valence-electron chi connectivity index (χ1n) is 7.97. The summed E-state index contributed by atoms with van der Waals surface area (Å²) in [4.78, 5) is 17.5. The second-order valence-electron chi connectivity index (χ2n) is 6.04. The molecule has 5 nitrogen and oxygen atoms in total. The quantitative estimate of drug-likeness (QED) is 0.545. The minimum absolute atomic E-state index is 0.106. The van der Waals surface area contributed by atoms with Crippen LogP contribution in [-0.2, 0) is 11.2 Å². The van der Waals surface area contributed by atoms with E-state index in [1.165, 1.54) is 23.7 Å². The number of carbonyl (C=O) groups excluding carboxylic acids is 1. The molecular weight excluding hydrogens is 334 g/mol. The molecule has 1 aromatic carbocycles. The van der Waals surface area contributed by atoms with Crippen molar-refractivity contribution >= 4 is 22.9 Å². The Kier molecular flexibility index (Phi) is 5.09. The zero-order valence-corrected chi connectivity index (χ0v) is 15.0. The third kappa shape index (κ3) is 4.42. The van der Waals surface area contributed by atoms with Gasteiger partial charge in [0, 0.05) is 24.1 Å². The van der Waals surface area contributed by atoms with Gasteiger partial charge in [0.2, 0.25) is 0 Å². The maximum Gasteiger partial charge on any atom is 0.180 e. The molecule has 128 valence electrons. The first-order valence-corrected chi connectivity index (χ1v) is 8.84. The number of nitrogens with one attached hydrogen (secondary N) is 1. The van der Waals surface area contributed by atoms with Gasteiger partial charge in [0.05, 0.1) is 16.9 Å². The van der Waals surface area contributed by atoms with Crippen LogP contribution < -0.4 is 10.0 Å². The van der Waals surface area contributed by atoms with Crippen LogP contribution in [0.3, 0.4) is 0 Å². The molecule has 0 bridgehead atoms. The Bertz CT molecular complexity index is 868. The number of benzene rings is 1. The zero-order chi connectivity index (χ0) is 17.8. The molecule has 3 aromatic rings. The number of nitrogens with zero attached hydrogens (tertiary/aromatic N) is 2. The van der Waals surface area contributed by atoms with Crippen molar-refractivity contribution in [1.29, 1.82) is 0 Å². The zero-order valence-electron chi connectivity index (χ0n) is 14.2. The van der Waals surface area contributed by atoms with Crippen LogP contribution in [0.4, 0.5) is 5.82 Å². The third-order valence-corrected chi connectivity index (χ3v) is 4.64. The Labute approximate surface area is 150 Å². The molecule has 0 amide bonds. The number of aryl methyl sites for hydroxylation is 2. The maximum atomic E-state index is 12.3. The van der Waals surface area contributed by atoms with Crippen molar-refractivity contribution < 1.29 is 9.52 Å². The van der Waals surface area contributed by atoms with Crippen molar-refractivity contribution in [3.63, 3.8) is 0 Å². The summed E-state index contributed by atoms with van der Waals surface area (Å²) in [5, 5.41) is 14.3. The monoisotopic (exact) mass is 353 g/mol. The van der Waals surface area contributed by atoms with Crippen LogP contribution in [0.25, 0.3) is 10.4 Å². The number of rotatable bonds is 6. The van der Waals surface area contributed by atoms with Gasteiger partial charge in [-0.25, -0.2) is 4.98 Å². The van der Waals surface area contributed by atoms with Crippen LogP contribution in [0.15, 0.2) is 48.2 Å². The molecule has 0 spiro atoms. The minimum Gasteiger partial charge on any atom is -0.619 e. The molecule has 6 heteroatoms. The first kappa shape index (κ1) is 17.1.